The minimum atomic E-state index is -0.746. The minimum absolute atomic E-state index is 0.00591. The summed E-state index contributed by atoms with van der Waals surface area (Å²) in [6.07, 6.45) is 12.5. The number of allylic oxidation sites excluding steroid dienone is 3. The van der Waals surface area contributed by atoms with E-state index in [0.717, 1.165) is 30.4 Å². The normalized spacial score (nSPS) is 23.6. The van der Waals surface area contributed by atoms with Crippen LogP contribution in [-0.4, -0.2) is 11.1 Å². The number of carboxylic acids is 1. The number of hydrogen-bond donors (Lipinski definition) is 1. The molecule has 1 aliphatic carbocycles. The van der Waals surface area contributed by atoms with E-state index in [1.807, 2.05) is 37.3 Å². The summed E-state index contributed by atoms with van der Waals surface area (Å²) in [6, 6.07) is 10.2. The fraction of sp³-hybridized carbons (Fsp3) is 0.476. The van der Waals surface area contributed by atoms with Crippen molar-refractivity contribution in [2.45, 2.75) is 52.4 Å². The smallest absolute Gasteiger partial charge is 0.314 e. The molecule has 0 bridgehead atoms. The Morgan fingerprint density at radius 2 is 1.83 bits per heavy atom. The summed E-state index contributed by atoms with van der Waals surface area (Å²) in [4.78, 5) is 12.0. The van der Waals surface area contributed by atoms with Crippen LogP contribution in [0, 0.1) is 11.3 Å². The molecule has 0 saturated heterocycles. The molecule has 124 valence electrons. The zero-order chi connectivity index (χ0) is 16.7. The third kappa shape index (κ3) is 4.13. The van der Waals surface area contributed by atoms with Gasteiger partial charge in [0, 0.05) is 0 Å². The molecule has 2 rings (SSSR count). The lowest BCUT2D eigenvalue weighted by molar-refractivity contribution is -0.148. The lowest BCUT2D eigenvalue weighted by atomic mass is 9.68. The standard InChI is InChI=1S/C21H28O2/c1-3-4-5-6-10-14-21(20(22)23)15-13-19(16-17(21)2)18-11-8-7-9-12-18/h7-9,11-13,15-17H,3-6,10,14H2,1-2H3,(H,22,23). The van der Waals surface area contributed by atoms with E-state index in [-0.39, 0.29) is 5.92 Å². The van der Waals surface area contributed by atoms with Crippen LogP contribution in [-0.2, 0) is 4.79 Å². The molecule has 0 heterocycles. The molecule has 2 nitrogen and oxygen atoms in total. The molecule has 1 N–H and O–H groups in total. The molecular weight excluding hydrogens is 284 g/mol. The predicted molar refractivity (Wildman–Crippen MR) is 96.2 cm³/mol. The Kier molecular flexibility index (Phi) is 6.20. The van der Waals surface area contributed by atoms with Gasteiger partial charge in [-0.1, -0.05) is 94.5 Å². The van der Waals surface area contributed by atoms with Crippen LogP contribution in [0.3, 0.4) is 0 Å². The van der Waals surface area contributed by atoms with Crippen molar-refractivity contribution in [2.24, 2.45) is 11.3 Å². The average molecular weight is 312 g/mol. The van der Waals surface area contributed by atoms with Crippen molar-refractivity contribution in [2.75, 3.05) is 0 Å². The van der Waals surface area contributed by atoms with Gasteiger partial charge in [-0.15, -0.1) is 0 Å². The Labute approximate surface area is 139 Å². The quantitative estimate of drug-likeness (QED) is 0.624. The average Bonchev–Trinajstić information content (AvgIpc) is 2.56. The van der Waals surface area contributed by atoms with Crippen molar-refractivity contribution in [1.82, 2.24) is 0 Å². The first-order chi connectivity index (χ1) is 11.1. The first kappa shape index (κ1) is 17.5. The van der Waals surface area contributed by atoms with Gasteiger partial charge in [-0.3, -0.25) is 4.79 Å². The molecular formula is C21H28O2. The summed E-state index contributed by atoms with van der Waals surface area (Å²) in [5.74, 6) is -0.688. The van der Waals surface area contributed by atoms with E-state index < -0.39 is 11.4 Å². The molecule has 0 radical (unpaired) electrons. The van der Waals surface area contributed by atoms with Crippen LogP contribution in [0.25, 0.3) is 5.57 Å². The summed E-state index contributed by atoms with van der Waals surface area (Å²) in [7, 11) is 0. The van der Waals surface area contributed by atoms with Crippen molar-refractivity contribution >= 4 is 11.5 Å². The van der Waals surface area contributed by atoms with Crippen molar-refractivity contribution in [1.29, 1.82) is 0 Å². The topological polar surface area (TPSA) is 37.3 Å². The van der Waals surface area contributed by atoms with E-state index in [1.54, 1.807) is 0 Å². The molecule has 0 spiro atoms. The van der Waals surface area contributed by atoms with Gasteiger partial charge < -0.3 is 5.11 Å². The molecule has 0 saturated carbocycles. The van der Waals surface area contributed by atoms with E-state index in [1.165, 1.54) is 19.3 Å². The maximum absolute atomic E-state index is 12.0. The predicted octanol–water partition coefficient (Wildman–Crippen LogP) is 5.71. The molecule has 0 amide bonds. The van der Waals surface area contributed by atoms with Crippen LogP contribution in [0.4, 0.5) is 0 Å². The van der Waals surface area contributed by atoms with Crippen LogP contribution in [0.5, 0.6) is 0 Å². The first-order valence-corrected chi connectivity index (χ1v) is 8.80. The number of carboxylic acid groups (broad SMARTS) is 1. The van der Waals surface area contributed by atoms with Gasteiger partial charge in [0.05, 0.1) is 5.41 Å². The second-order valence-electron chi connectivity index (χ2n) is 6.62. The van der Waals surface area contributed by atoms with Gasteiger partial charge in [0.25, 0.3) is 0 Å². The maximum atomic E-state index is 12.0. The minimum Gasteiger partial charge on any atom is -0.481 e. The summed E-state index contributed by atoms with van der Waals surface area (Å²) >= 11 is 0. The lowest BCUT2D eigenvalue weighted by Crippen LogP contribution is -2.36. The van der Waals surface area contributed by atoms with Crippen molar-refractivity contribution in [3.8, 4) is 0 Å². The van der Waals surface area contributed by atoms with E-state index in [0.29, 0.717) is 0 Å². The van der Waals surface area contributed by atoms with Crippen molar-refractivity contribution in [3.05, 3.63) is 54.1 Å². The highest BCUT2D eigenvalue weighted by atomic mass is 16.4. The second-order valence-corrected chi connectivity index (χ2v) is 6.62. The number of benzene rings is 1. The van der Waals surface area contributed by atoms with Gasteiger partial charge in [-0.25, -0.2) is 0 Å². The molecule has 1 aliphatic rings. The molecule has 0 aliphatic heterocycles. The molecule has 2 atom stereocenters. The Morgan fingerprint density at radius 1 is 1.13 bits per heavy atom. The SMILES string of the molecule is CCCCCCCC1(C(=O)O)C=CC(c2ccccc2)=CC1C. The third-order valence-electron chi connectivity index (χ3n) is 5.00. The van der Waals surface area contributed by atoms with Crippen molar-refractivity contribution in [3.63, 3.8) is 0 Å². The van der Waals surface area contributed by atoms with Crippen molar-refractivity contribution < 1.29 is 9.90 Å². The largest absolute Gasteiger partial charge is 0.481 e. The monoisotopic (exact) mass is 312 g/mol. The number of rotatable bonds is 8. The molecule has 2 heteroatoms. The summed E-state index contributed by atoms with van der Waals surface area (Å²) < 4.78 is 0. The highest BCUT2D eigenvalue weighted by molar-refractivity contribution is 5.83. The molecule has 1 aromatic carbocycles. The zero-order valence-electron chi connectivity index (χ0n) is 14.3. The molecule has 0 fully saturated rings. The van der Waals surface area contributed by atoms with E-state index in [9.17, 15) is 9.90 Å². The Morgan fingerprint density at radius 3 is 2.43 bits per heavy atom. The van der Waals surface area contributed by atoms with Crippen LogP contribution >= 0.6 is 0 Å². The fourth-order valence-electron chi connectivity index (χ4n) is 3.39. The maximum Gasteiger partial charge on any atom is 0.314 e. The second kappa shape index (κ2) is 8.14. The van der Waals surface area contributed by atoms with E-state index in [4.69, 9.17) is 0 Å². The van der Waals surface area contributed by atoms with Gasteiger partial charge in [-0.2, -0.15) is 0 Å². The number of hydrogen-bond acceptors (Lipinski definition) is 1. The van der Waals surface area contributed by atoms with E-state index in [2.05, 4.69) is 25.1 Å². The number of carbonyl (C=O) groups is 1. The van der Waals surface area contributed by atoms with Gasteiger partial charge in [0.1, 0.15) is 0 Å². The Balaban J connectivity index is 2.09. The van der Waals surface area contributed by atoms with Gasteiger partial charge >= 0.3 is 5.97 Å². The highest BCUT2D eigenvalue weighted by Crippen LogP contribution is 2.42. The zero-order valence-corrected chi connectivity index (χ0v) is 14.3. The number of unbranched alkanes of at least 4 members (excludes halogenated alkanes) is 4. The summed E-state index contributed by atoms with van der Waals surface area (Å²) in [6.45, 7) is 4.23. The molecule has 0 aromatic heterocycles. The molecule has 2 unspecified atom stereocenters. The van der Waals surface area contributed by atoms with E-state index >= 15 is 0 Å². The Bertz CT molecular complexity index is 571. The van der Waals surface area contributed by atoms with Crippen LogP contribution in [0.1, 0.15) is 57.9 Å². The Hall–Kier alpha value is -1.83. The van der Waals surface area contributed by atoms with Gasteiger partial charge in [-0.05, 0) is 23.5 Å². The summed E-state index contributed by atoms with van der Waals surface area (Å²) in [5.41, 5.74) is 1.53. The fourth-order valence-corrected chi connectivity index (χ4v) is 3.39. The van der Waals surface area contributed by atoms with Gasteiger partial charge in [0.2, 0.25) is 0 Å². The van der Waals surface area contributed by atoms with Crippen LogP contribution in [0.2, 0.25) is 0 Å². The first-order valence-electron chi connectivity index (χ1n) is 8.80. The van der Waals surface area contributed by atoms with Gasteiger partial charge in [0.15, 0.2) is 0 Å². The van der Waals surface area contributed by atoms with Crippen LogP contribution in [0.15, 0.2) is 48.6 Å². The molecule has 23 heavy (non-hydrogen) atoms. The lowest BCUT2D eigenvalue weighted by Gasteiger charge is -2.34. The highest BCUT2D eigenvalue weighted by Gasteiger charge is 2.41. The molecule has 1 aromatic rings. The summed E-state index contributed by atoms with van der Waals surface area (Å²) in [5, 5.41) is 9.84. The number of aliphatic carboxylic acids is 1. The third-order valence-corrected chi connectivity index (χ3v) is 5.00. The van der Waals surface area contributed by atoms with Crippen LogP contribution < -0.4 is 0 Å².